The SMILES string of the molecule is CC(=O)CC[C@H](NC(=O)N[C@@H](CCCCNC(=O)c1ccc(C)nc1)C(C)=O)C(C)=O.CC(=O)[C@H](CCC(=O)O)NC(=O)N[C@@H](CCCCNC(=O)c1ccc([18F])nc1)C(=O)O.O=S(=O)([O-])C(F)(F)F. The summed E-state index contributed by atoms with van der Waals surface area (Å²) in [4.78, 5) is 124. The molecule has 4 atom stereocenters. The van der Waals surface area contributed by atoms with Gasteiger partial charge in [-0.3, -0.25) is 33.8 Å². The Morgan fingerprint density at radius 2 is 1.00 bits per heavy atom. The van der Waals surface area contributed by atoms with Gasteiger partial charge in [0, 0.05) is 44.0 Å². The molecule has 8 N–H and O–H groups in total. The number of ketones is 4. The zero-order chi connectivity index (χ0) is 53.8. The highest BCUT2D eigenvalue weighted by Crippen LogP contribution is 2.20. The molecule has 70 heavy (non-hydrogen) atoms. The van der Waals surface area contributed by atoms with Gasteiger partial charge in [0.25, 0.3) is 11.8 Å². The average molecular weight is 1020 g/mol. The standard InChI is InChI=1S/C22H32N4O5.C19H25FN4O7.CHF3O3S/c1-14-8-10-18(13-24-14)21(30)23-12-6-5-7-19(16(3)28)25-22(31)26-20(17(4)29)11-9-15(2)27;1-11(25)13(6-8-16(26)27)23-19(31)24-14(18(29)30)4-2-3-9-21-17(28)12-5-7-15(20)22-10-12;2-1(3,4)8(5,6)7/h8,10,13,19-20H,5-7,9,11-12H2,1-4H3,(H,23,30)(H2,25,26,31);5,7,10,13-14H,2-4,6,8-9H2,1H3,(H,21,28)(H,26,27)(H,29,30)(H2,23,24,31);(H,5,6,7)/p-1/t19-,20-;13-,14-;/m00./s1/i;20-1;. The summed E-state index contributed by atoms with van der Waals surface area (Å²) in [5.41, 5.74) is -4.15. The van der Waals surface area contributed by atoms with Gasteiger partial charge >= 0.3 is 29.5 Å². The smallest absolute Gasteiger partial charge is 0.485 e. The van der Waals surface area contributed by atoms with E-state index in [1.165, 1.54) is 40.0 Å². The molecule has 0 aliphatic carbocycles. The maximum absolute atomic E-state index is 12.7. The Morgan fingerprint density at radius 3 is 1.34 bits per heavy atom. The van der Waals surface area contributed by atoms with Gasteiger partial charge in [-0.05, 0) is 110 Å². The number of rotatable bonds is 26. The number of aryl methyl sites for hydroxylation is 1. The Labute approximate surface area is 399 Å². The summed E-state index contributed by atoms with van der Waals surface area (Å²) in [6.45, 7) is 7.84. The van der Waals surface area contributed by atoms with Gasteiger partial charge in [0.2, 0.25) is 5.95 Å². The van der Waals surface area contributed by atoms with Crippen LogP contribution in [0.5, 0.6) is 0 Å². The number of alkyl halides is 3. The number of pyridine rings is 2. The van der Waals surface area contributed by atoms with Crippen LogP contribution in [0.15, 0.2) is 36.7 Å². The van der Waals surface area contributed by atoms with Gasteiger partial charge in [-0.1, -0.05) is 0 Å². The Hall–Kier alpha value is -6.97. The molecule has 6 amide bonds. The first-order valence-corrected chi connectivity index (χ1v) is 22.6. The number of carboxylic acid groups (broad SMARTS) is 2. The van der Waals surface area contributed by atoms with E-state index < -0.39 is 81.4 Å². The fourth-order valence-corrected chi connectivity index (χ4v) is 5.39. The summed E-state index contributed by atoms with van der Waals surface area (Å²) in [7, 11) is -6.09. The van der Waals surface area contributed by atoms with Crippen molar-refractivity contribution in [2.45, 2.75) is 129 Å². The number of unbranched alkanes of at least 4 members (excludes halogenated alkanes) is 2. The number of nitrogens with zero attached hydrogens (tertiary/aromatic N) is 2. The number of urea groups is 2. The van der Waals surface area contributed by atoms with E-state index in [2.05, 4.69) is 41.9 Å². The van der Waals surface area contributed by atoms with Crippen LogP contribution in [0.1, 0.15) is 118 Å². The van der Waals surface area contributed by atoms with E-state index in [4.69, 9.17) is 18.1 Å². The summed E-state index contributed by atoms with van der Waals surface area (Å²) in [6.07, 6.45) is 5.07. The molecule has 0 unspecified atom stereocenters. The number of aliphatic carboxylic acids is 2. The number of carboxylic acids is 2. The number of halogens is 4. The molecule has 390 valence electrons. The highest BCUT2D eigenvalue weighted by atomic mass is 32.2. The number of hydrogen-bond donors (Lipinski definition) is 8. The third kappa shape index (κ3) is 28.4. The molecular formula is C42H57F4N8O15S-. The first-order chi connectivity index (χ1) is 32.4. The second-order valence-electron chi connectivity index (χ2n) is 15.3. The third-order valence-corrected chi connectivity index (χ3v) is 9.85. The highest BCUT2D eigenvalue weighted by Gasteiger charge is 2.37. The van der Waals surface area contributed by atoms with Crippen molar-refractivity contribution < 1.29 is 88.7 Å². The summed E-state index contributed by atoms with van der Waals surface area (Å²) >= 11 is 0. The Morgan fingerprint density at radius 1 is 0.614 bits per heavy atom. The molecule has 0 spiro atoms. The summed E-state index contributed by atoms with van der Waals surface area (Å²) in [5, 5.41) is 33.0. The topological polar surface area (TPSA) is 366 Å². The number of aromatic nitrogens is 2. The first-order valence-electron chi connectivity index (χ1n) is 21.2. The molecular weight excluding hydrogens is 964 g/mol. The summed E-state index contributed by atoms with van der Waals surface area (Å²) in [5.74, 6) is -4.74. The molecule has 0 aliphatic heterocycles. The van der Waals surface area contributed by atoms with Gasteiger partial charge in [0.1, 0.15) is 11.8 Å². The second kappa shape index (κ2) is 32.0. The molecule has 0 aliphatic rings. The fraction of sp³-hybridized carbons (Fsp3) is 0.524. The normalized spacial score (nSPS) is 12.5. The highest BCUT2D eigenvalue weighted by molar-refractivity contribution is 7.86. The van der Waals surface area contributed by atoms with E-state index in [1.807, 2.05) is 6.92 Å². The Kier molecular flexibility index (Phi) is 28.8. The van der Waals surface area contributed by atoms with Gasteiger partial charge < -0.3 is 51.5 Å². The first kappa shape index (κ1) is 63.0. The number of Topliss-reactive ketones (excluding diaryl/α,β-unsaturated/α-hetero) is 4. The molecule has 2 aromatic rings. The number of nitrogens with one attached hydrogen (secondary N) is 6. The number of amides is 6. The van der Waals surface area contributed by atoms with Gasteiger partial charge in [-0.25, -0.2) is 27.8 Å². The molecule has 28 heteroatoms. The molecule has 23 nitrogen and oxygen atoms in total. The maximum atomic E-state index is 12.7. The van der Waals surface area contributed by atoms with Crippen molar-refractivity contribution in [2.75, 3.05) is 13.1 Å². The molecule has 0 radical (unpaired) electrons. The van der Waals surface area contributed by atoms with Crippen LogP contribution in [0.25, 0.3) is 0 Å². The molecule has 2 aromatic heterocycles. The van der Waals surface area contributed by atoms with Crippen LogP contribution in [0.3, 0.4) is 0 Å². The molecule has 2 rings (SSSR count). The number of carbonyl (C=O) groups is 10. The zero-order valence-electron chi connectivity index (χ0n) is 38.8. The monoisotopic (exact) mass is 1020 g/mol. The van der Waals surface area contributed by atoms with Gasteiger partial charge in [-0.15, -0.1) is 0 Å². The summed E-state index contributed by atoms with van der Waals surface area (Å²) < 4.78 is 71.7. The number of carbonyl (C=O) groups excluding carboxylic acids is 8. The predicted octanol–water partition coefficient (Wildman–Crippen LogP) is 2.62. The van der Waals surface area contributed by atoms with E-state index in [0.29, 0.717) is 44.2 Å². The van der Waals surface area contributed by atoms with Crippen molar-refractivity contribution in [1.29, 1.82) is 0 Å². The Balaban J connectivity index is 0.00000117. The largest absolute Gasteiger partial charge is 0.741 e. The van der Waals surface area contributed by atoms with Crippen molar-refractivity contribution in [3.63, 3.8) is 0 Å². The molecule has 0 bridgehead atoms. The summed E-state index contributed by atoms with van der Waals surface area (Å²) in [6, 6.07) is 0.550. The van der Waals surface area contributed by atoms with Crippen molar-refractivity contribution in [3.05, 3.63) is 59.4 Å². The van der Waals surface area contributed by atoms with E-state index in [-0.39, 0.29) is 67.5 Å². The predicted molar refractivity (Wildman–Crippen MR) is 236 cm³/mol. The molecule has 0 fully saturated rings. The molecule has 0 saturated heterocycles. The lowest BCUT2D eigenvalue weighted by molar-refractivity contribution is -0.139. The Bertz CT molecular complexity index is 2080. The van der Waals surface area contributed by atoms with Crippen LogP contribution >= 0.6 is 0 Å². The molecule has 0 aromatic carbocycles. The van der Waals surface area contributed by atoms with Crippen LogP contribution in [-0.2, 0) is 38.9 Å². The van der Waals surface area contributed by atoms with E-state index in [0.717, 1.165) is 18.0 Å². The molecule has 2 heterocycles. The minimum atomic E-state index is -6.09. The zero-order valence-corrected chi connectivity index (χ0v) is 39.6. The van der Waals surface area contributed by atoms with Crippen molar-refractivity contribution in [2.24, 2.45) is 0 Å². The van der Waals surface area contributed by atoms with Crippen molar-refractivity contribution >= 4 is 69.1 Å². The van der Waals surface area contributed by atoms with Crippen LogP contribution in [-0.4, -0.2) is 135 Å². The van der Waals surface area contributed by atoms with Gasteiger partial charge in [0.05, 0.1) is 29.3 Å². The lowest BCUT2D eigenvalue weighted by Crippen LogP contribution is -2.50. The second-order valence-corrected chi connectivity index (χ2v) is 16.6. The van der Waals surface area contributed by atoms with Gasteiger partial charge in [0.15, 0.2) is 27.5 Å². The van der Waals surface area contributed by atoms with Gasteiger partial charge in [-0.2, -0.15) is 17.6 Å². The molecule has 0 saturated carbocycles. The third-order valence-electron chi connectivity index (χ3n) is 9.28. The van der Waals surface area contributed by atoms with Crippen molar-refractivity contribution in [3.8, 4) is 0 Å². The lowest BCUT2D eigenvalue weighted by atomic mass is 10.1. The minimum Gasteiger partial charge on any atom is -0.741 e. The van der Waals surface area contributed by atoms with E-state index in [1.54, 1.807) is 12.1 Å². The van der Waals surface area contributed by atoms with E-state index >= 15 is 0 Å². The van der Waals surface area contributed by atoms with E-state index in [9.17, 15) is 70.6 Å². The quantitative estimate of drug-likeness (QED) is 0.0221. The maximum Gasteiger partial charge on any atom is 0.485 e. The lowest BCUT2D eigenvalue weighted by Gasteiger charge is -2.20. The van der Waals surface area contributed by atoms with Crippen LogP contribution in [0, 0.1) is 12.9 Å². The van der Waals surface area contributed by atoms with Crippen LogP contribution in [0.4, 0.5) is 27.2 Å². The number of hydrogen-bond acceptors (Lipinski definition) is 15. The fourth-order valence-electron chi connectivity index (χ4n) is 5.39. The minimum absolute atomic E-state index is 0.0661. The van der Waals surface area contributed by atoms with Crippen molar-refractivity contribution in [1.82, 2.24) is 41.9 Å². The van der Waals surface area contributed by atoms with Crippen LogP contribution < -0.4 is 31.9 Å². The van der Waals surface area contributed by atoms with Crippen LogP contribution in [0.2, 0.25) is 0 Å². The average Bonchev–Trinajstić information content (AvgIpc) is 3.25.